The predicted octanol–water partition coefficient (Wildman–Crippen LogP) is 1.21. The molecule has 0 radical (unpaired) electrons. The number of carboxylic acids is 1. The molecule has 0 saturated heterocycles. The molecule has 4 aliphatic heterocycles. The fraction of sp³-hybridized carbons (Fsp3) is 0.0476. The second-order valence-electron chi connectivity index (χ2n) is 6.54. The van der Waals surface area contributed by atoms with E-state index >= 15 is 0 Å². The zero-order valence-corrected chi connectivity index (χ0v) is 14.1. The van der Waals surface area contributed by atoms with Gasteiger partial charge in [-0.15, -0.1) is 0 Å². The van der Waals surface area contributed by atoms with Gasteiger partial charge in [0, 0.05) is 10.7 Å². The molecule has 0 fully saturated rings. The van der Waals surface area contributed by atoms with Gasteiger partial charge in [0.25, 0.3) is 0 Å². The maximum absolute atomic E-state index is 11.9. The normalized spacial score (nSPS) is 29.0. The molecule has 0 aromatic carbocycles. The monoisotopic (exact) mass is 354 g/mol. The number of hydrogen-bond donors (Lipinski definition) is 2. The minimum atomic E-state index is -1.46. The Bertz CT molecular complexity index is 1250. The first-order chi connectivity index (χ1) is 13.1. The van der Waals surface area contributed by atoms with Crippen molar-refractivity contribution in [3.8, 4) is 0 Å². The van der Waals surface area contributed by atoms with Crippen molar-refractivity contribution in [1.29, 1.82) is 0 Å². The lowest BCUT2D eigenvalue weighted by Crippen LogP contribution is -2.31. The lowest BCUT2D eigenvalue weighted by Gasteiger charge is -2.14. The van der Waals surface area contributed by atoms with Crippen molar-refractivity contribution in [3.05, 3.63) is 82.8 Å². The van der Waals surface area contributed by atoms with Gasteiger partial charge < -0.3 is 10.1 Å². The van der Waals surface area contributed by atoms with Crippen molar-refractivity contribution < 1.29 is 9.90 Å². The number of allylic oxidation sites excluding steroid dienone is 6. The van der Waals surface area contributed by atoms with E-state index in [0.717, 1.165) is 27.8 Å². The Hall–Kier alpha value is -3.80. The van der Waals surface area contributed by atoms with E-state index in [-0.39, 0.29) is 0 Å². The van der Waals surface area contributed by atoms with Crippen LogP contribution in [0.15, 0.2) is 87.1 Å². The van der Waals surface area contributed by atoms with E-state index in [1.54, 1.807) is 30.4 Å². The van der Waals surface area contributed by atoms with Gasteiger partial charge >= 0.3 is 5.97 Å². The highest BCUT2D eigenvalue weighted by Crippen LogP contribution is 2.27. The summed E-state index contributed by atoms with van der Waals surface area (Å²) in [7, 11) is 0. The summed E-state index contributed by atoms with van der Waals surface area (Å²) in [5.74, 6) is -1.05. The maximum Gasteiger partial charge on any atom is 0.339 e. The fourth-order valence-electron chi connectivity index (χ4n) is 3.25. The van der Waals surface area contributed by atoms with E-state index in [4.69, 9.17) is 0 Å². The average molecular weight is 354 g/mol. The third-order valence-corrected chi connectivity index (χ3v) is 4.53. The Kier molecular flexibility index (Phi) is 3.21. The number of aromatic amines is 1. The molecule has 6 nitrogen and oxygen atoms in total. The van der Waals surface area contributed by atoms with Crippen LogP contribution in [0.3, 0.4) is 0 Å². The average Bonchev–Trinajstić information content (AvgIpc) is 3.39. The van der Waals surface area contributed by atoms with Gasteiger partial charge in [0.15, 0.2) is 5.54 Å². The standard InChI is InChI=1S/C21H14N4O2/c26-20(27)21-8-7-18(25-21)11-17-4-3-14(23-17)9-13-1-2-15(22-13)10-16-5-6-19(12-21)24-16/h1-12,22H,(H,26,27)/b13-9-,15-10-,17-11-,19-12?. The van der Waals surface area contributed by atoms with Gasteiger partial charge in [0.2, 0.25) is 0 Å². The van der Waals surface area contributed by atoms with Crippen molar-refractivity contribution in [3.63, 3.8) is 0 Å². The molecule has 5 rings (SSSR count). The summed E-state index contributed by atoms with van der Waals surface area (Å²) in [6.07, 6.45) is 17.9. The van der Waals surface area contributed by atoms with Gasteiger partial charge in [-0.05, 0) is 72.9 Å². The number of rotatable bonds is 1. The van der Waals surface area contributed by atoms with Crippen molar-refractivity contribution in [2.24, 2.45) is 15.0 Å². The number of aromatic nitrogens is 1. The zero-order valence-electron chi connectivity index (χ0n) is 14.1. The summed E-state index contributed by atoms with van der Waals surface area (Å²) >= 11 is 0. The van der Waals surface area contributed by atoms with E-state index in [2.05, 4.69) is 20.0 Å². The summed E-state index contributed by atoms with van der Waals surface area (Å²) in [6, 6.07) is 3.94. The quantitative estimate of drug-likeness (QED) is 0.794. The van der Waals surface area contributed by atoms with Gasteiger partial charge in [0.05, 0.1) is 28.5 Å². The summed E-state index contributed by atoms with van der Waals surface area (Å²) in [5.41, 5.74) is 1.96. The highest BCUT2D eigenvalue weighted by atomic mass is 16.4. The first-order valence-corrected chi connectivity index (χ1v) is 8.47. The highest BCUT2D eigenvalue weighted by Gasteiger charge is 2.37. The van der Waals surface area contributed by atoms with Crippen LogP contribution in [-0.2, 0) is 4.79 Å². The minimum Gasteiger partial charge on any atom is -0.479 e. The van der Waals surface area contributed by atoms with E-state index in [1.165, 1.54) is 0 Å². The largest absolute Gasteiger partial charge is 0.479 e. The molecule has 1 aromatic rings. The third kappa shape index (κ3) is 2.77. The first-order valence-electron chi connectivity index (χ1n) is 8.47. The van der Waals surface area contributed by atoms with Crippen LogP contribution in [-0.4, -0.2) is 38.7 Å². The maximum atomic E-state index is 11.9. The number of H-pyrrole nitrogens is 1. The number of aliphatic imine (C=N–C) groups is 3. The molecule has 1 unspecified atom stereocenters. The van der Waals surface area contributed by atoms with Crippen LogP contribution in [0.4, 0.5) is 0 Å². The van der Waals surface area contributed by atoms with E-state index in [9.17, 15) is 9.90 Å². The van der Waals surface area contributed by atoms with Crippen molar-refractivity contribution in [1.82, 2.24) is 4.98 Å². The van der Waals surface area contributed by atoms with Crippen molar-refractivity contribution in [2.75, 3.05) is 0 Å². The van der Waals surface area contributed by atoms with Gasteiger partial charge in [0.1, 0.15) is 0 Å². The van der Waals surface area contributed by atoms with Gasteiger partial charge in [-0.3, -0.25) is 4.99 Å². The smallest absolute Gasteiger partial charge is 0.339 e. The summed E-state index contributed by atoms with van der Waals surface area (Å²) in [5, 5.41) is 11.6. The van der Waals surface area contributed by atoms with Crippen LogP contribution in [0.1, 0.15) is 0 Å². The molecule has 0 amide bonds. The zero-order chi connectivity index (χ0) is 18.4. The molecule has 0 spiro atoms. The van der Waals surface area contributed by atoms with Crippen LogP contribution in [0.2, 0.25) is 0 Å². The van der Waals surface area contributed by atoms with E-state index in [0.29, 0.717) is 11.4 Å². The lowest BCUT2D eigenvalue weighted by atomic mass is 10.0. The highest BCUT2D eigenvalue weighted by molar-refractivity contribution is 6.20. The summed E-state index contributed by atoms with van der Waals surface area (Å²) < 4.78 is 0. The van der Waals surface area contributed by atoms with Crippen LogP contribution >= 0.6 is 0 Å². The molecule has 1 aromatic heterocycles. The number of fused-ring (bicyclic) bond motifs is 5. The Labute approximate surface area is 154 Å². The molecule has 4 aliphatic rings. The number of carboxylic acid groups (broad SMARTS) is 1. The number of nitrogens with zero attached hydrogens (tertiary/aromatic N) is 3. The second kappa shape index (κ2) is 5.60. The molecular weight excluding hydrogens is 340 g/mol. The molecular formula is C21H14N4O2. The molecule has 0 saturated carbocycles. The lowest BCUT2D eigenvalue weighted by molar-refractivity contribution is -0.139. The minimum absolute atomic E-state index is 0.561. The van der Waals surface area contributed by atoms with E-state index in [1.807, 2.05) is 42.5 Å². The van der Waals surface area contributed by atoms with Crippen molar-refractivity contribution in [2.45, 2.75) is 5.54 Å². The third-order valence-electron chi connectivity index (χ3n) is 4.53. The topological polar surface area (TPSA) is 90.2 Å². The van der Waals surface area contributed by atoms with Crippen LogP contribution in [0.25, 0.3) is 12.2 Å². The second-order valence-corrected chi connectivity index (χ2v) is 6.54. The van der Waals surface area contributed by atoms with Crippen LogP contribution < -0.4 is 10.7 Å². The Morgan fingerprint density at radius 2 is 1.52 bits per heavy atom. The Balaban J connectivity index is 1.73. The SMILES string of the molecule is O=C(O)C12C=CC(=N1)/C=C1/C=CC(=N1)/C=c1/cc/c([nH]1)=C/C1=NC(=C2)C=C1. The molecule has 2 N–H and O–H groups in total. The summed E-state index contributed by atoms with van der Waals surface area (Å²) in [4.78, 5) is 28.7. The molecule has 27 heavy (non-hydrogen) atoms. The Morgan fingerprint density at radius 3 is 2.22 bits per heavy atom. The number of aliphatic carboxylic acids is 1. The predicted molar refractivity (Wildman–Crippen MR) is 105 cm³/mol. The van der Waals surface area contributed by atoms with Gasteiger partial charge in [-0.1, -0.05) is 0 Å². The Morgan fingerprint density at radius 1 is 0.852 bits per heavy atom. The van der Waals surface area contributed by atoms with Crippen LogP contribution in [0, 0.1) is 0 Å². The number of carbonyl (C=O) groups is 1. The fourth-order valence-corrected chi connectivity index (χ4v) is 3.25. The first kappa shape index (κ1) is 15.5. The number of hydrogen-bond acceptors (Lipinski definition) is 4. The van der Waals surface area contributed by atoms with Gasteiger partial charge in [-0.25, -0.2) is 14.8 Å². The molecule has 0 aliphatic carbocycles. The van der Waals surface area contributed by atoms with Crippen LogP contribution in [0.5, 0.6) is 0 Å². The molecule has 8 bridgehead atoms. The molecule has 130 valence electrons. The van der Waals surface area contributed by atoms with E-state index < -0.39 is 11.5 Å². The summed E-state index contributed by atoms with van der Waals surface area (Å²) in [6.45, 7) is 0. The van der Waals surface area contributed by atoms with Crippen molar-refractivity contribution >= 4 is 35.3 Å². The van der Waals surface area contributed by atoms with Gasteiger partial charge in [-0.2, -0.15) is 0 Å². The molecule has 1 atom stereocenters. The molecule has 5 heterocycles. The number of nitrogens with one attached hydrogen (secondary N) is 1. The molecule has 6 heteroatoms.